The van der Waals surface area contributed by atoms with Crippen molar-refractivity contribution in [1.29, 1.82) is 0 Å². The van der Waals surface area contributed by atoms with Gasteiger partial charge in [-0.3, -0.25) is 4.79 Å². The molecule has 4 rings (SSSR count). The summed E-state index contributed by atoms with van der Waals surface area (Å²) in [7, 11) is 0. The molecule has 1 saturated heterocycles. The lowest BCUT2D eigenvalue weighted by Crippen LogP contribution is -2.39. The Morgan fingerprint density at radius 3 is 2.71 bits per heavy atom. The molecule has 0 saturated carbocycles. The maximum absolute atomic E-state index is 12.7. The Balaban J connectivity index is 1.29. The van der Waals surface area contributed by atoms with Crippen LogP contribution in [0.2, 0.25) is 0 Å². The maximum Gasteiger partial charge on any atom is 0.225 e. The molecule has 1 aromatic heterocycles. The van der Waals surface area contributed by atoms with Crippen LogP contribution in [-0.4, -0.2) is 53.6 Å². The molecule has 0 spiro atoms. The van der Waals surface area contributed by atoms with Crippen molar-refractivity contribution in [2.24, 2.45) is 0 Å². The molecule has 0 bridgehead atoms. The summed E-state index contributed by atoms with van der Waals surface area (Å²) in [5.74, 6) is 1.00. The highest BCUT2D eigenvalue weighted by molar-refractivity contribution is 5.76. The average Bonchev–Trinajstić information content (AvgIpc) is 2.77. The van der Waals surface area contributed by atoms with Gasteiger partial charge in [0.25, 0.3) is 0 Å². The minimum absolute atomic E-state index is 0.241. The molecule has 0 N–H and O–H groups in total. The largest absolute Gasteiger partial charge is 0.378 e. The number of rotatable bonds is 6. The van der Waals surface area contributed by atoms with Gasteiger partial charge in [0.2, 0.25) is 11.9 Å². The zero-order chi connectivity index (χ0) is 19.2. The van der Waals surface area contributed by atoms with Crippen molar-refractivity contribution >= 4 is 11.9 Å². The highest BCUT2D eigenvalue weighted by atomic mass is 16.5. The van der Waals surface area contributed by atoms with Crippen molar-refractivity contribution in [1.82, 2.24) is 14.9 Å². The van der Waals surface area contributed by atoms with E-state index in [1.165, 1.54) is 11.1 Å². The molecule has 0 aliphatic carbocycles. The van der Waals surface area contributed by atoms with E-state index in [1.54, 1.807) is 0 Å². The smallest absolute Gasteiger partial charge is 0.225 e. The molecule has 2 aromatic rings. The number of benzene rings is 1. The molecule has 6 nitrogen and oxygen atoms in total. The number of aromatic nitrogens is 2. The summed E-state index contributed by atoms with van der Waals surface area (Å²) in [6.45, 7) is 4.45. The first-order valence-corrected chi connectivity index (χ1v) is 10.3. The number of anilines is 1. The van der Waals surface area contributed by atoms with E-state index in [9.17, 15) is 4.79 Å². The van der Waals surface area contributed by atoms with E-state index >= 15 is 0 Å². The van der Waals surface area contributed by atoms with Crippen LogP contribution in [0.25, 0.3) is 0 Å². The Labute approximate surface area is 166 Å². The summed E-state index contributed by atoms with van der Waals surface area (Å²) in [5.41, 5.74) is 3.51. The summed E-state index contributed by atoms with van der Waals surface area (Å²) in [6, 6.07) is 10.5. The first-order chi connectivity index (χ1) is 13.8. The van der Waals surface area contributed by atoms with Crippen molar-refractivity contribution in [3.8, 4) is 0 Å². The van der Waals surface area contributed by atoms with Gasteiger partial charge in [-0.25, -0.2) is 9.97 Å². The van der Waals surface area contributed by atoms with E-state index in [0.29, 0.717) is 26.2 Å². The number of amides is 1. The number of ether oxygens (including phenoxy) is 1. The number of unbranched alkanes of at least 4 members (excludes halogenated alkanes) is 1. The molecule has 28 heavy (non-hydrogen) atoms. The standard InChI is InChI=1S/C22H28N4O2/c27-21(9-5-4-8-18-6-2-1-3-7-18)26-11-10-19-16-23-22(24-20(19)17-26)25-12-14-28-15-13-25/h1-3,6-7,16H,4-5,8-15,17H2. The molecular formula is C22H28N4O2. The van der Waals surface area contributed by atoms with Crippen LogP contribution in [0.3, 0.4) is 0 Å². The van der Waals surface area contributed by atoms with Crippen LogP contribution in [0.4, 0.5) is 5.95 Å². The molecule has 148 valence electrons. The van der Waals surface area contributed by atoms with Gasteiger partial charge in [0, 0.05) is 32.3 Å². The van der Waals surface area contributed by atoms with Crippen LogP contribution in [0, 0.1) is 0 Å². The lowest BCUT2D eigenvalue weighted by molar-refractivity contribution is -0.132. The molecule has 1 amide bonds. The van der Waals surface area contributed by atoms with Gasteiger partial charge in [-0.05, 0) is 36.8 Å². The van der Waals surface area contributed by atoms with Crippen LogP contribution in [0.1, 0.15) is 36.1 Å². The zero-order valence-corrected chi connectivity index (χ0v) is 16.3. The van der Waals surface area contributed by atoms with E-state index < -0.39 is 0 Å². The van der Waals surface area contributed by atoms with Gasteiger partial charge in [0.15, 0.2) is 0 Å². The normalized spacial score (nSPS) is 16.7. The Morgan fingerprint density at radius 2 is 1.89 bits per heavy atom. The summed E-state index contributed by atoms with van der Waals surface area (Å²) in [4.78, 5) is 26.1. The van der Waals surface area contributed by atoms with Gasteiger partial charge in [-0.1, -0.05) is 30.3 Å². The van der Waals surface area contributed by atoms with Gasteiger partial charge in [0.05, 0.1) is 25.5 Å². The van der Waals surface area contributed by atoms with Crippen molar-refractivity contribution in [3.63, 3.8) is 0 Å². The molecule has 3 heterocycles. The first-order valence-electron chi connectivity index (χ1n) is 10.3. The topological polar surface area (TPSA) is 58.6 Å². The third kappa shape index (κ3) is 4.68. The van der Waals surface area contributed by atoms with Crippen molar-refractivity contribution in [2.75, 3.05) is 37.7 Å². The van der Waals surface area contributed by atoms with Gasteiger partial charge in [-0.15, -0.1) is 0 Å². The predicted molar refractivity (Wildman–Crippen MR) is 108 cm³/mol. The number of nitrogens with zero attached hydrogens (tertiary/aromatic N) is 4. The van der Waals surface area contributed by atoms with E-state index in [1.807, 2.05) is 17.2 Å². The van der Waals surface area contributed by atoms with Crippen molar-refractivity contribution in [3.05, 3.63) is 53.3 Å². The summed E-state index contributed by atoms with van der Waals surface area (Å²) < 4.78 is 5.41. The van der Waals surface area contributed by atoms with E-state index in [0.717, 1.165) is 57.0 Å². The Morgan fingerprint density at radius 1 is 1.07 bits per heavy atom. The molecule has 2 aliphatic heterocycles. The third-order valence-corrected chi connectivity index (χ3v) is 5.53. The monoisotopic (exact) mass is 380 g/mol. The van der Waals surface area contributed by atoms with Crippen LogP contribution in [-0.2, 0) is 28.9 Å². The fraction of sp³-hybridized carbons (Fsp3) is 0.500. The number of carbonyl (C=O) groups is 1. The number of fused-ring (bicyclic) bond motifs is 1. The van der Waals surface area contributed by atoms with Gasteiger partial charge in [-0.2, -0.15) is 0 Å². The Kier molecular flexibility index (Phi) is 6.17. The molecular weight excluding hydrogens is 352 g/mol. The number of aryl methyl sites for hydroxylation is 1. The molecule has 1 aromatic carbocycles. The van der Waals surface area contributed by atoms with E-state index in [4.69, 9.17) is 9.72 Å². The molecule has 2 aliphatic rings. The van der Waals surface area contributed by atoms with Gasteiger partial charge < -0.3 is 14.5 Å². The van der Waals surface area contributed by atoms with Crippen LogP contribution in [0.5, 0.6) is 0 Å². The Bertz CT molecular complexity index is 790. The molecule has 0 radical (unpaired) electrons. The second kappa shape index (κ2) is 9.15. The molecule has 1 fully saturated rings. The van der Waals surface area contributed by atoms with E-state index in [-0.39, 0.29) is 5.91 Å². The van der Waals surface area contributed by atoms with Gasteiger partial charge >= 0.3 is 0 Å². The number of hydrogen-bond donors (Lipinski definition) is 0. The predicted octanol–water partition coefficient (Wildman–Crippen LogP) is 2.61. The maximum atomic E-state index is 12.7. The first kappa shape index (κ1) is 18.9. The average molecular weight is 380 g/mol. The second-order valence-electron chi connectivity index (χ2n) is 7.50. The van der Waals surface area contributed by atoms with Crippen LogP contribution < -0.4 is 4.90 Å². The second-order valence-corrected chi connectivity index (χ2v) is 7.50. The minimum Gasteiger partial charge on any atom is -0.378 e. The summed E-state index contributed by atoms with van der Waals surface area (Å²) in [6.07, 6.45) is 6.41. The summed E-state index contributed by atoms with van der Waals surface area (Å²) in [5, 5.41) is 0. The number of morpholine rings is 1. The lowest BCUT2D eigenvalue weighted by atomic mass is 10.0. The van der Waals surface area contributed by atoms with Crippen LogP contribution >= 0.6 is 0 Å². The third-order valence-electron chi connectivity index (χ3n) is 5.53. The van der Waals surface area contributed by atoms with E-state index in [2.05, 4.69) is 34.1 Å². The molecule has 6 heteroatoms. The SMILES string of the molecule is O=C(CCCCc1ccccc1)N1CCc2cnc(N3CCOCC3)nc2C1. The van der Waals surface area contributed by atoms with Crippen molar-refractivity contribution in [2.45, 2.75) is 38.6 Å². The van der Waals surface area contributed by atoms with Gasteiger partial charge in [0.1, 0.15) is 0 Å². The number of hydrogen-bond acceptors (Lipinski definition) is 5. The zero-order valence-electron chi connectivity index (χ0n) is 16.3. The minimum atomic E-state index is 0.241. The van der Waals surface area contributed by atoms with Crippen LogP contribution in [0.15, 0.2) is 36.5 Å². The molecule has 0 atom stereocenters. The lowest BCUT2D eigenvalue weighted by Gasteiger charge is -2.30. The fourth-order valence-electron chi connectivity index (χ4n) is 3.83. The fourth-order valence-corrected chi connectivity index (χ4v) is 3.83. The van der Waals surface area contributed by atoms with Crippen molar-refractivity contribution < 1.29 is 9.53 Å². The quantitative estimate of drug-likeness (QED) is 0.721. The summed E-state index contributed by atoms with van der Waals surface area (Å²) >= 11 is 0. The molecule has 0 unspecified atom stereocenters. The highest BCUT2D eigenvalue weighted by Gasteiger charge is 2.23. The number of carbonyl (C=O) groups excluding carboxylic acids is 1. The Hall–Kier alpha value is -2.47. The highest BCUT2D eigenvalue weighted by Crippen LogP contribution is 2.21.